The summed E-state index contributed by atoms with van der Waals surface area (Å²) in [5, 5.41) is 3.68. The highest BCUT2D eigenvalue weighted by molar-refractivity contribution is 4.84. The molecular formula is C13H25N. The molecule has 2 saturated carbocycles. The Labute approximate surface area is 88.7 Å². The first kappa shape index (κ1) is 10.5. The van der Waals surface area contributed by atoms with Crippen molar-refractivity contribution < 1.29 is 0 Å². The van der Waals surface area contributed by atoms with Gasteiger partial charge in [-0.15, -0.1) is 0 Å². The summed E-state index contributed by atoms with van der Waals surface area (Å²) in [6.07, 6.45) is 7.33. The second-order valence-corrected chi connectivity index (χ2v) is 5.65. The minimum absolute atomic E-state index is 0.966. The highest BCUT2D eigenvalue weighted by Crippen LogP contribution is 2.37. The summed E-state index contributed by atoms with van der Waals surface area (Å²) in [5.74, 6) is 3.95. The minimum atomic E-state index is 0.966. The molecule has 0 aromatic carbocycles. The summed E-state index contributed by atoms with van der Waals surface area (Å²) in [4.78, 5) is 0. The monoisotopic (exact) mass is 195 g/mol. The van der Waals surface area contributed by atoms with Crippen LogP contribution in [0.25, 0.3) is 0 Å². The normalized spacial score (nSPS) is 42.4. The van der Waals surface area contributed by atoms with Gasteiger partial charge in [0.15, 0.2) is 0 Å². The van der Waals surface area contributed by atoms with Gasteiger partial charge in [0.25, 0.3) is 0 Å². The third kappa shape index (κ3) is 2.73. The summed E-state index contributed by atoms with van der Waals surface area (Å²) in [6, 6.07) is 0. The van der Waals surface area contributed by atoms with E-state index in [0.29, 0.717) is 0 Å². The van der Waals surface area contributed by atoms with E-state index in [4.69, 9.17) is 0 Å². The standard InChI is InChI=1S/C13H25N/c1-10-5-3-4-6-12(10)8-14-9-13-7-11(13)2/h10-14H,3-9H2,1-2H3. The first-order valence-corrected chi connectivity index (χ1v) is 6.48. The summed E-state index contributed by atoms with van der Waals surface area (Å²) in [5.41, 5.74) is 0. The van der Waals surface area contributed by atoms with Crippen LogP contribution in [-0.4, -0.2) is 13.1 Å². The highest BCUT2D eigenvalue weighted by atomic mass is 14.9. The van der Waals surface area contributed by atoms with Gasteiger partial charge >= 0.3 is 0 Å². The predicted octanol–water partition coefficient (Wildman–Crippen LogP) is 3.06. The van der Waals surface area contributed by atoms with Crippen molar-refractivity contribution in [2.45, 2.75) is 46.0 Å². The Morgan fingerprint density at radius 2 is 1.57 bits per heavy atom. The molecule has 4 unspecified atom stereocenters. The lowest BCUT2D eigenvalue weighted by Gasteiger charge is -2.28. The molecule has 1 nitrogen and oxygen atoms in total. The number of rotatable bonds is 4. The van der Waals surface area contributed by atoms with Crippen molar-refractivity contribution in [1.82, 2.24) is 5.32 Å². The summed E-state index contributed by atoms with van der Waals surface area (Å²) in [7, 11) is 0. The Morgan fingerprint density at radius 3 is 2.21 bits per heavy atom. The van der Waals surface area contributed by atoms with Crippen LogP contribution in [0.15, 0.2) is 0 Å². The van der Waals surface area contributed by atoms with E-state index in [-0.39, 0.29) is 0 Å². The van der Waals surface area contributed by atoms with Gasteiger partial charge in [-0.2, -0.15) is 0 Å². The lowest BCUT2D eigenvalue weighted by atomic mass is 9.80. The molecule has 0 aromatic heterocycles. The summed E-state index contributed by atoms with van der Waals surface area (Å²) in [6.45, 7) is 7.37. The van der Waals surface area contributed by atoms with Crippen molar-refractivity contribution in [1.29, 1.82) is 0 Å². The van der Waals surface area contributed by atoms with Crippen LogP contribution in [-0.2, 0) is 0 Å². The van der Waals surface area contributed by atoms with E-state index in [2.05, 4.69) is 19.2 Å². The fraction of sp³-hybridized carbons (Fsp3) is 1.00. The van der Waals surface area contributed by atoms with E-state index < -0.39 is 0 Å². The maximum atomic E-state index is 3.68. The van der Waals surface area contributed by atoms with E-state index >= 15 is 0 Å². The summed E-state index contributed by atoms with van der Waals surface area (Å²) < 4.78 is 0. The molecular weight excluding hydrogens is 170 g/mol. The second kappa shape index (κ2) is 4.65. The predicted molar refractivity (Wildman–Crippen MR) is 61.3 cm³/mol. The molecule has 0 saturated heterocycles. The van der Waals surface area contributed by atoms with E-state index in [1.165, 1.54) is 45.2 Å². The molecule has 0 spiro atoms. The quantitative estimate of drug-likeness (QED) is 0.727. The van der Waals surface area contributed by atoms with Gasteiger partial charge in [-0.05, 0) is 49.6 Å². The fourth-order valence-electron chi connectivity index (χ4n) is 2.83. The molecule has 2 aliphatic rings. The molecule has 2 fully saturated rings. The van der Waals surface area contributed by atoms with Crippen LogP contribution in [0.4, 0.5) is 0 Å². The smallest absolute Gasteiger partial charge is 0.00177 e. The summed E-state index contributed by atoms with van der Waals surface area (Å²) >= 11 is 0. The zero-order valence-electron chi connectivity index (χ0n) is 9.76. The molecule has 2 rings (SSSR count). The molecule has 1 heteroatoms. The Hall–Kier alpha value is -0.0400. The van der Waals surface area contributed by atoms with E-state index in [1.807, 2.05) is 0 Å². The molecule has 0 amide bonds. The van der Waals surface area contributed by atoms with Crippen molar-refractivity contribution in [3.63, 3.8) is 0 Å². The second-order valence-electron chi connectivity index (χ2n) is 5.65. The van der Waals surface area contributed by atoms with Gasteiger partial charge in [-0.3, -0.25) is 0 Å². The van der Waals surface area contributed by atoms with Crippen LogP contribution >= 0.6 is 0 Å². The largest absolute Gasteiger partial charge is 0.316 e. The van der Waals surface area contributed by atoms with Crippen molar-refractivity contribution in [2.24, 2.45) is 23.7 Å². The first-order chi connectivity index (χ1) is 6.77. The van der Waals surface area contributed by atoms with Gasteiger partial charge in [0, 0.05) is 0 Å². The molecule has 4 atom stereocenters. The molecule has 2 aliphatic carbocycles. The van der Waals surface area contributed by atoms with Crippen molar-refractivity contribution in [2.75, 3.05) is 13.1 Å². The van der Waals surface area contributed by atoms with E-state index in [1.54, 1.807) is 0 Å². The average Bonchev–Trinajstić information content (AvgIpc) is 2.86. The van der Waals surface area contributed by atoms with Crippen molar-refractivity contribution >= 4 is 0 Å². The van der Waals surface area contributed by atoms with Gasteiger partial charge in [0.1, 0.15) is 0 Å². The third-order valence-electron chi connectivity index (χ3n) is 4.38. The fourth-order valence-corrected chi connectivity index (χ4v) is 2.83. The van der Waals surface area contributed by atoms with Gasteiger partial charge < -0.3 is 5.32 Å². The van der Waals surface area contributed by atoms with Crippen molar-refractivity contribution in [3.05, 3.63) is 0 Å². The van der Waals surface area contributed by atoms with Gasteiger partial charge in [-0.25, -0.2) is 0 Å². The average molecular weight is 195 g/mol. The zero-order valence-corrected chi connectivity index (χ0v) is 9.76. The molecule has 0 aliphatic heterocycles. The molecule has 14 heavy (non-hydrogen) atoms. The van der Waals surface area contributed by atoms with Crippen LogP contribution < -0.4 is 5.32 Å². The highest BCUT2D eigenvalue weighted by Gasteiger charge is 2.32. The Balaban J connectivity index is 1.59. The maximum Gasteiger partial charge on any atom is -0.00177 e. The van der Waals surface area contributed by atoms with E-state index in [9.17, 15) is 0 Å². The molecule has 82 valence electrons. The number of nitrogens with one attached hydrogen (secondary N) is 1. The lowest BCUT2D eigenvalue weighted by molar-refractivity contribution is 0.247. The van der Waals surface area contributed by atoms with Gasteiger partial charge in [-0.1, -0.05) is 33.1 Å². The first-order valence-electron chi connectivity index (χ1n) is 6.48. The number of hydrogen-bond donors (Lipinski definition) is 1. The molecule has 0 heterocycles. The Morgan fingerprint density at radius 1 is 0.929 bits per heavy atom. The van der Waals surface area contributed by atoms with Gasteiger partial charge in [0.05, 0.1) is 0 Å². The Kier molecular flexibility index (Phi) is 3.48. The van der Waals surface area contributed by atoms with Crippen LogP contribution in [0.1, 0.15) is 46.0 Å². The van der Waals surface area contributed by atoms with Crippen LogP contribution in [0.5, 0.6) is 0 Å². The molecule has 0 radical (unpaired) electrons. The third-order valence-corrected chi connectivity index (χ3v) is 4.38. The van der Waals surface area contributed by atoms with Crippen LogP contribution in [0.3, 0.4) is 0 Å². The van der Waals surface area contributed by atoms with E-state index in [0.717, 1.165) is 23.7 Å². The van der Waals surface area contributed by atoms with Crippen molar-refractivity contribution in [3.8, 4) is 0 Å². The molecule has 1 N–H and O–H groups in total. The lowest BCUT2D eigenvalue weighted by Crippen LogP contribution is -2.30. The minimum Gasteiger partial charge on any atom is -0.316 e. The Bertz CT molecular complexity index is 178. The maximum absolute atomic E-state index is 3.68. The van der Waals surface area contributed by atoms with Crippen LogP contribution in [0, 0.1) is 23.7 Å². The molecule has 0 bridgehead atoms. The SMILES string of the molecule is CC1CCCCC1CNCC1CC1C. The topological polar surface area (TPSA) is 12.0 Å². The molecule has 0 aromatic rings. The zero-order chi connectivity index (χ0) is 9.97. The number of hydrogen-bond acceptors (Lipinski definition) is 1. The van der Waals surface area contributed by atoms with Gasteiger partial charge in [0.2, 0.25) is 0 Å². The van der Waals surface area contributed by atoms with Crippen LogP contribution in [0.2, 0.25) is 0 Å².